The third-order valence-corrected chi connectivity index (χ3v) is 10.5. The van der Waals surface area contributed by atoms with Crippen molar-refractivity contribution in [2.75, 3.05) is 78.7 Å². The molecule has 0 aliphatic carbocycles. The Morgan fingerprint density at radius 3 is 1.47 bits per heavy atom. The summed E-state index contributed by atoms with van der Waals surface area (Å²) in [5.74, 6) is -0.0485. The molecule has 4 aliphatic rings. The predicted octanol–water partition coefficient (Wildman–Crippen LogP) is 6.02. The summed E-state index contributed by atoms with van der Waals surface area (Å²) < 4.78 is 16.2. The largest absolute Gasteiger partial charge is 0.466 e. The van der Waals surface area contributed by atoms with Crippen LogP contribution in [0.2, 0.25) is 0 Å². The third kappa shape index (κ3) is 13.1. The van der Waals surface area contributed by atoms with E-state index in [4.69, 9.17) is 14.2 Å². The average molecular weight is 665 g/mol. The first-order valence-corrected chi connectivity index (χ1v) is 19.0. The molecule has 0 unspecified atom stereocenters. The molecule has 0 aromatic heterocycles. The number of nitrogens with zero attached hydrogens (tertiary/aromatic N) is 3. The van der Waals surface area contributed by atoms with E-state index >= 15 is 0 Å². The van der Waals surface area contributed by atoms with Crippen molar-refractivity contribution < 1.29 is 28.6 Å². The lowest BCUT2D eigenvalue weighted by atomic mass is 9.74. The summed E-state index contributed by atoms with van der Waals surface area (Å²) >= 11 is 0. The van der Waals surface area contributed by atoms with Gasteiger partial charge in [-0.2, -0.15) is 0 Å². The molecule has 4 saturated heterocycles. The van der Waals surface area contributed by atoms with E-state index in [0.717, 1.165) is 64.7 Å². The molecule has 4 aliphatic heterocycles. The molecule has 0 bridgehead atoms. The molecular formula is C37H68N4O6. The fraction of sp³-hybridized carbons (Fsp3) is 0.919. The minimum Gasteiger partial charge on any atom is -0.466 e. The van der Waals surface area contributed by atoms with Crippen LogP contribution in [0.3, 0.4) is 0 Å². The average Bonchev–Trinajstić information content (AvgIpc) is 3.06. The first-order valence-electron chi connectivity index (χ1n) is 19.0. The van der Waals surface area contributed by atoms with E-state index in [-0.39, 0.29) is 23.4 Å². The van der Waals surface area contributed by atoms with Crippen molar-refractivity contribution in [2.24, 2.45) is 10.8 Å². The molecule has 1 amide bonds. The van der Waals surface area contributed by atoms with E-state index < -0.39 is 11.0 Å². The quantitative estimate of drug-likeness (QED) is 0.198. The number of ether oxygens (including phenoxy) is 3. The Bertz CT molecular complexity index is 928. The summed E-state index contributed by atoms with van der Waals surface area (Å²) in [4.78, 5) is 44.2. The van der Waals surface area contributed by atoms with Crippen molar-refractivity contribution >= 4 is 18.0 Å². The Hall–Kier alpha value is -1.91. The molecule has 0 aromatic carbocycles. The zero-order chi connectivity index (χ0) is 34.2. The zero-order valence-corrected chi connectivity index (χ0v) is 30.7. The fourth-order valence-electron chi connectivity index (χ4n) is 7.68. The molecule has 0 aromatic rings. The molecule has 47 heavy (non-hydrogen) atoms. The highest BCUT2D eigenvalue weighted by molar-refractivity contribution is 5.78. The van der Waals surface area contributed by atoms with E-state index in [1.54, 1.807) is 4.90 Å². The molecule has 10 heteroatoms. The molecule has 4 heterocycles. The lowest BCUT2D eigenvalue weighted by Gasteiger charge is -2.40. The van der Waals surface area contributed by atoms with Gasteiger partial charge in [-0.05, 0) is 164 Å². The highest BCUT2D eigenvalue weighted by atomic mass is 16.6. The standard InChI is InChI=1S/C21H38N2O4.C16H30N2O2/c1-5-26-18(24)21(10-9-15-22-13-7-6-8-14-22)11-16-23(17-12-21)19(25)27-20(2,3)4;1-2-20-15(19)16(8-10-17-11-9-16)7-6-14-18-12-4-3-5-13-18/h5-17H2,1-4H3;17H,2-14H2,1H3. The van der Waals surface area contributed by atoms with Crippen molar-refractivity contribution in [1.82, 2.24) is 20.0 Å². The maximum absolute atomic E-state index is 12.7. The van der Waals surface area contributed by atoms with Gasteiger partial charge in [0.2, 0.25) is 0 Å². The van der Waals surface area contributed by atoms with Gasteiger partial charge in [0.1, 0.15) is 5.60 Å². The normalized spacial score (nSPS) is 22.0. The molecule has 1 N–H and O–H groups in total. The van der Waals surface area contributed by atoms with Crippen LogP contribution in [0.4, 0.5) is 4.79 Å². The predicted molar refractivity (Wildman–Crippen MR) is 186 cm³/mol. The Morgan fingerprint density at radius 2 is 1.06 bits per heavy atom. The van der Waals surface area contributed by atoms with E-state index in [0.29, 0.717) is 39.1 Å². The molecule has 10 nitrogen and oxygen atoms in total. The second kappa shape index (κ2) is 19.9. The van der Waals surface area contributed by atoms with Gasteiger partial charge in [0.25, 0.3) is 0 Å². The SMILES string of the molecule is CCOC(=O)C1(CCCN2CCCCC2)CCN(C(=O)OC(C)(C)C)CC1.CCOC(=O)C1(CCCN2CCCCC2)CCNCC1. The molecule has 0 spiro atoms. The van der Waals surface area contributed by atoms with Gasteiger partial charge >= 0.3 is 18.0 Å². The van der Waals surface area contributed by atoms with Crippen molar-refractivity contribution in [3.8, 4) is 0 Å². The lowest BCUT2D eigenvalue weighted by molar-refractivity contribution is -0.159. The first kappa shape index (κ1) is 39.5. The van der Waals surface area contributed by atoms with Gasteiger partial charge in [-0.25, -0.2) is 4.79 Å². The van der Waals surface area contributed by atoms with Gasteiger partial charge in [-0.3, -0.25) is 9.59 Å². The molecule has 0 radical (unpaired) electrons. The Morgan fingerprint density at radius 1 is 0.638 bits per heavy atom. The summed E-state index contributed by atoms with van der Waals surface area (Å²) in [5.41, 5.74) is -1.16. The highest BCUT2D eigenvalue weighted by Crippen LogP contribution is 2.38. The second-order valence-corrected chi connectivity index (χ2v) is 15.2. The summed E-state index contributed by atoms with van der Waals surface area (Å²) in [7, 11) is 0. The summed E-state index contributed by atoms with van der Waals surface area (Å²) in [6.07, 6.45) is 14.8. The van der Waals surface area contributed by atoms with Crippen molar-refractivity contribution in [2.45, 2.75) is 130 Å². The molecule has 4 fully saturated rings. The van der Waals surface area contributed by atoms with E-state index in [9.17, 15) is 14.4 Å². The van der Waals surface area contributed by atoms with Crippen LogP contribution in [-0.2, 0) is 23.8 Å². The topological polar surface area (TPSA) is 101 Å². The van der Waals surface area contributed by atoms with Crippen molar-refractivity contribution in [3.05, 3.63) is 0 Å². The number of piperidine rings is 4. The van der Waals surface area contributed by atoms with Crippen LogP contribution in [0.1, 0.15) is 125 Å². The van der Waals surface area contributed by atoms with E-state index in [1.807, 2.05) is 34.6 Å². The fourth-order valence-corrected chi connectivity index (χ4v) is 7.68. The monoisotopic (exact) mass is 665 g/mol. The van der Waals surface area contributed by atoms with Crippen molar-refractivity contribution in [1.29, 1.82) is 0 Å². The molecule has 0 atom stereocenters. The maximum atomic E-state index is 12.7. The third-order valence-electron chi connectivity index (χ3n) is 10.5. The highest BCUT2D eigenvalue weighted by Gasteiger charge is 2.44. The van der Waals surface area contributed by atoms with Gasteiger partial charge in [-0.15, -0.1) is 0 Å². The minimum atomic E-state index is -0.499. The number of hydrogen-bond acceptors (Lipinski definition) is 9. The number of carbonyl (C=O) groups is 3. The molecule has 4 rings (SSSR count). The number of amides is 1. The van der Waals surface area contributed by atoms with Gasteiger partial charge in [0, 0.05) is 13.1 Å². The van der Waals surface area contributed by atoms with Gasteiger partial charge in [0.15, 0.2) is 0 Å². The van der Waals surface area contributed by atoms with Crippen LogP contribution in [0.5, 0.6) is 0 Å². The summed E-state index contributed by atoms with van der Waals surface area (Å²) in [6.45, 7) is 20.3. The zero-order valence-electron chi connectivity index (χ0n) is 30.7. The minimum absolute atomic E-state index is 0.0418. The smallest absolute Gasteiger partial charge is 0.410 e. The first-order chi connectivity index (χ1) is 22.5. The molecule has 0 saturated carbocycles. The van der Waals surface area contributed by atoms with Gasteiger partial charge in [0.05, 0.1) is 24.0 Å². The lowest BCUT2D eigenvalue weighted by Crippen LogP contribution is -2.48. The van der Waals surface area contributed by atoms with Crippen LogP contribution in [0.15, 0.2) is 0 Å². The number of esters is 2. The van der Waals surface area contributed by atoms with E-state index in [1.165, 1.54) is 64.7 Å². The Labute approximate surface area is 286 Å². The van der Waals surface area contributed by atoms with Gasteiger partial charge < -0.3 is 34.2 Å². The van der Waals surface area contributed by atoms with Crippen molar-refractivity contribution in [3.63, 3.8) is 0 Å². The molecular weight excluding hydrogens is 596 g/mol. The van der Waals surface area contributed by atoms with Crippen LogP contribution in [-0.4, -0.2) is 117 Å². The number of hydrogen-bond donors (Lipinski definition) is 1. The number of nitrogens with one attached hydrogen (secondary N) is 1. The molecule has 272 valence electrons. The van der Waals surface area contributed by atoms with Crippen LogP contribution in [0.25, 0.3) is 0 Å². The van der Waals surface area contributed by atoms with Crippen LogP contribution >= 0.6 is 0 Å². The second-order valence-electron chi connectivity index (χ2n) is 15.2. The number of carbonyl (C=O) groups excluding carboxylic acids is 3. The Kier molecular flexibility index (Phi) is 16.8. The van der Waals surface area contributed by atoms with Crippen LogP contribution in [0, 0.1) is 10.8 Å². The van der Waals surface area contributed by atoms with E-state index in [2.05, 4.69) is 15.1 Å². The Balaban J connectivity index is 0.000000267. The number of rotatable bonds is 12. The number of likely N-dealkylation sites (tertiary alicyclic amines) is 3. The van der Waals surface area contributed by atoms with Crippen LogP contribution < -0.4 is 5.32 Å². The summed E-state index contributed by atoms with van der Waals surface area (Å²) in [5, 5.41) is 3.36. The van der Waals surface area contributed by atoms with Gasteiger partial charge in [-0.1, -0.05) is 12.8 Å². The maximum Gasteiger partial charge on any atom is 0.410 e. The summed E-state index contributed by atoms with van der Waals surface area (Å²) in [6, 6.07) is 0.